The van der Waals surface area contributed by atoms with Gasteiger partial charge in [-0.15, -0.1) is 0 Å². The zero-order valence-corrected chi connectivity index (χ0v) is 16.9. The first-order valence-corrected chi connectivity index (χ1v) is 10.9. The molecule has 0 amide bonds. The van der Waals surface area contributed by atoms with Crippen LogP contribution < -0.4 is 0 Å². The molecule has 28 heavy (non-hydrogen) atoms. The molecular formula is C20H26FN3O3S. The van der Waals surface area contributed by atoms with Gasteiger partial charge in [0.15, 0.2) is 0 Å². The monoisotopic (exact) mass is 407 g/mol. The molecule has 0 N–H and O–H groups in total. The van der Waals surface area contributed by atoms with Crippen LogP contribution in [0.1, 0.15) is 17.5 Å². The second kappa shape index (κ2) is 9.56. The third-order valence-electron chi connectivity index (χ3n) is 4.87. The molecule has 6 nitrogen and oxygen atoms in total. The minimum atomic E-state index is -3.81. The van der Waals surface area contributed by atoms with E-state index in [4.69, 9.17) is 4.74 Å². The van der Waals surface area contributed by atoms with E-state index in [1.165, 1.54) is 16.4 Å². The third kappa shape index (κ3) is 5.35. The molecule has 0 saturated carbocycles. The van der Waals surface area contributed by atoms with Crippen LogP contribution in [0.15, 0.2) is 47.6 Å². The second-order valence-electron chi connectivity index (χ2n) is 6.91. The van der Waals surface area contributed by atoms with Crippen molar-refractivity contribution in [1.29, 1.82) is 0 Å². The third-order valence-corrected chi connectivity index (χ3v) is 6.72. The number of halogens is 1. The lowest BCUT2D eigenvalue weighted by molar-refractivity contribution is 0.0368. The first-order chi connectivity index (χ1) is 13.5. The maximum Gasteiger partial charge on any atom is 0.243 e. The van der Waals surface area contributed by atoms with Crippen molar-refractivity contribution in [3.8, 4) is 0 Å². The fourth-order valence-corrected chi connectivity index (χ4v) is 4.63. The molecule has 0 spiro atoms. The van der Waals surface area contributed by atoms with E-state index in [0.29, 0.717) is 31.7 Å². The summed E-state index contributed by atoms with van der Waals surface area (Å²) in [5.41, 5.74) is 1.27. The number of ether oxygens (including phenoxy) is 1. The summed E-state index contributed by atoms with van der Waals surface area (Å²) in [6.45, 7) is 6.14. The maximum absolute atomic E-state index is 14.0. The highest BCUT2D eigenvalue weighted by Crippen LogP contribution is 2.21. The predicted molar refractivity (Wildman–Crippen MR) is 105 cm³/mol. The number of rotatable bonds is 8. The summed E-state index contributed by atoms with van der Waals surface area (Å²) in [5.74, 6) is -0.516. The largest absolute Gasteiger partial charge is 0.379 e. The molecule has 1 aliphatic heterocycles. The Kier molecular flexibility index (Phi) is 7.12. The van der Waals surface area contributed by atoms with Crippen LogP contribution in [0, 0.1) is 12.7 Å². The highest BCUT2D eigenvalue weighted by atomic mass is 32.2. The van der Waals surface area contributed by atoms with Crippen LogP contribution in [0.3, 0.4) is 0 Å². The molecule has 1 fully saturated rings. The van der Waals surface area contributed by atoms with Crippen molar-refractivity contribution in [2.24, 2.45) is 0 Å². The number of hydrogen-bond donors (Lipinski definition) is 0. The number of nitrogens with zero attached hydrogens (tertiary/aromatic N) is 3. The SMILES string of the molecule is Cc1ccc(S(=O)(=O)N(CCCN2CCOCC2)Cc2ccncc2)cc1F. The van der Waals surface area contributed by atoms with Gasteiger partial charge in [0.2, 0.25) is 10.0 Å². The first kappa shape index (κ1) is 20.9. The van der Waals surface area contributed by atoms with E-state index < -0.39 is 15.8 Å². The van der Waals surface area contributed by atoms with Gasteiger partial charge >= 0.3 is 0 Å². The number of hydrogen-bond acceptors (Lipinski definition) is 5. The number of aryl methyl sites for hydroxylation is 1. The molecule has 1 saturated heterocycles. The highest BCUT2D eigenvalue weighted by Gasteiger charge is 2.25. The van der Waals surface area contributed by atoms with Gasteiger partial charge in [-0.25, -0.2) is 12.8 Å². The Morgan fingerprint density at radius 2 is 1.89 bits per heavy atom. The Balaban J connectivity index is 1.76. The van der Waals surface area contributed by atoms with E-state index in [-0.39, 0.29) is 11.4 Å². The smallest absolute Gasteiger partial charge is 0.243 e. The van der Waals surface area contributed by atoms with Gasteiger partial charge in [0.25, 0.3) is 0 Å². The number of pyridine rings is 1. The van der Waals surface area contributed by atoms with Gasteiger partial charge in [-0.3, -0.25) is 9.88 Å². The zero-order chi connectivity index (χ0) is 20.0. The molecule has 2 aromatic rings. The van der Waals surface area contributed by atoms with Crippen LogP contribution in [0.2, 0.25) is 0 Å². The van der Waals surface area contributed by atoms with Crippen LogP contribution in [0.25, 0.3) is 0 Å². The fourth-order valence-electron chi connectivity index (χ4n) is 3.15. The average molecular weight is 408 g/mol. The summed E-state index contributed by atoms with van der Waals surface area (Å²) < 4.78 is 47.1. The number of benzene rings is 1. The average Bonchev–Trinajstić information content (AvgIpc) is 2.71. The van der Waals surface area contributed by atoms with E-state index >= 15 is 0 Å². The minimum absolute atomic E-state index is 0.0176. The summed E-state index contributed by atoms with van der Waals surface area (Å²) in [6.07, 6.45) is 3.97. The fraction of sp³-hybridized carbons (Fsp3) is 0.450. The molecule has 1 aromatic heterocycles. The van der Waals surface area contributed by atoms with E-state index in [0.717, 1.165) is 31.3 Å². The first-order valence-electron chi connectivity index (χ1n) is 9.42. The zero-order valence-electron chi connectivity index (χ0n) is 16.1. The molecule has 0 bridgehead atoms. The Labute approximate surface area is 166 Å². The lowest BCUT2D eigenvalue weighted by Gasteiger charge is -2.28. The molecule has 1 aliphatic rings. The topological polar surface area (TPSA) is 62.7 Å². The van der Waals surface area contributed by atoms with Gasteiger partial charge in [-0.2, -0.15) is 4.31 Å². The second-order valence-corrected chi connectivity index (χ2v) is 8.85. The normalized spacial score (nSPS) is 15.8. The highest BCUT2D eigenvalue weighted by molar-refractivity contribution is 7.89. The predicted octanol–water partition coefficient (Wildman–Crippen LogP) is 2.44. The van der Waals surface area contributed by atoms with Crippen LogP contribution >= 0.6 is 0 Å². The Bertz CT molecular complexity index is 872. The summed E-state index contributed by atoms with van der Waals surface area (Å²) in [6, 6.07) is 7.66. The molecule has 0 unspecified atom stereocenters. The Morgan fingerprint density at radius 1 is 1.18 bits per heavy atom. The molecule has 152 valence electrons. The molecule has 0 radical (unpaired) electrons. The van der Waals surface area contributed by atoms with Crippen molar-refractivity contribution in [3.05, 3.63) is 59.7 Å². The minimum Gasteiger partial charge on any atom is -0.379 e. The molecular weight excluding hydrogens is 381 g/mol. The summed E-state index contributed by atoms with van der Waals surface area (Å²) in [7, 11) is -3.81. The van der Waals surface area contributed by atoms with E-state index in [1.54, 1.807) is 31.5 Å². The van der Waals surface area contributed by atoms with Crippen molar-refractivity contribution in [1.82, 2.24) is 14.2 Å². The molecule has 3 rings (SSSR count). The van der Waals surface area contributed by atoms with Crippen LogP contribution in [0.5, 0.6) is 0 Å². The van der Waals surface area contributed by atoms with Gasteiger partial charge in [0.05, 0.1) is 18.1 Å². The van der Waals surface area contributed by atoms with Gasteiger partial charge in [0.1, 0.15) is 5.82 Å². The Hall–Kier alpha value is -1.87. The lowest BCUT2D eigenvalue weighted by Crippen LogP contribution is -2.39. The van der Waals surface area contributed by atoms with Gasteiger partial charge < -0.3 is 4.74 Å². The van der Waals surface area contributed by atoms with Crippen molar-refractivity contribution in [2.75, 3.05) is 39.4 Å². The van der Waals surface area contributed by atoms with E-state index in [9.17, 15) is 12.8 Å². The summed E-state index contributed by atoms with van der Waals surface area (Å²) >= 11 is 0. The van der Waals surface area contributed by atoms with Crippen molar-refractivity contribution >= 4 is 10.0 Å². The number of sulfonamides is 1. The molecule has 0 aliphatic carbocycles. The quantitative estimate of drug-likeness (QED) is 0.673. The molecule has 2 heterocycles. The molecule has 0 atom stereocenters. The molecule has 8 heteroatoms. The standard InChI is InChI=1S/C20H26FN3O3S/c1-17-3-4-19(15-20(17)21)28(25,26)24(16-18-5-7-22-8-6-18)10-2-9-23-11-13-27-14-12-23/h3-8,15H,2,9-14,16H2,1H3. The maximum atomic E-state index is 14.0. The van der Waals surface area contributed by atoms with Gasteiger partial charge in [-0.05, 0) is 55.3 Å². The van der Waals surface area contributed by atoms with Crippen molar-refractivity contribution in [3.63, 3.8) is 0 Å². The van der Waals surface area contributed by atoms with Crippen molar-refractivity contribution < 1.29 is 17.5 Å². The van der Waals surface area contributed by atoms with E-state index in [1.807, 2.05) is 0 Å². The molecule has 1 aromatic carbocycles. The van der Waals surface area contributed by atoms with Gasteiger partial charge in [-0.1, -0.05) is 6.07 Å². The van der Waals surface area contributed by atoms with Crippen LogP contribution in [-0.4, -0.2) is 62.0 Å². The number of morpholine rings is 1. The lowest BCUT2D eigenvalue weighted by atomic mass is 10.2. The van der Waals surface area contributed by atoms with Crippen LogP contribution in [0.4, 0.5) is 4.39 Å². The van der Waals surface area contributed by atoms with Crippen LogP contribution in [-0.2, 0) is 21.3 Å². The van der Waals surface area contributed by atoms with E-state index in [2.05, 4.69) is 9.88 Å². The summed E-state index contributed by atoms with van der Waals surface area (Å²) in [4.78, 5) is 6.23. The number of aromatic nitrogens is 1. The van der Waals surface area contributed by atoms with Gasteiger partial charge in [0, 0.05) is 38.6 Å². The Morgan fingerprint density at radius 3 is 2.57 bits per heavy atom. The summed E-state index contributed by atoms with van der Waals surface area (Å²) in [5, 5.41) is 0. The van der Waals surface area contributed by atoms with Crippen molar-refractivity contribution in [2.45, 2.75) is 24.8 Å².